The van der Waals surface area contributed by atoms with E-state index >= 15 is 0 Å². The highest BCUT2D eigenvalue weighted by molar-refractivity contribution is 5.94. The standard InChI is InChI=1S/C15H22N2O2/c1-12-5-6-13(11-14(12)18)15(19)16-7-10-17-8-3-2-4-9-17/h5-6,11,18H,2-4,7-10H2,1H3,(H,16,19). The number of amides is 1. The Labute approximate surface area is 114 Å². The maximum absolute atomic E-state index is 11.9. The van der Waals surface area contributed by atoms with Crippen LogP contribution in [0.2, 0.25) is 0 Å². The van der Waals surface area contributed by atoms with E-state index in [9.17, 15) is 9.90 Å². The number of nitrogens with zero attached hydrogens (tertiary/aromatic N) is 1. The molecule has 1 aliphatic rings. The molecule has 2 rings (SSSR count). The predicted molar refractivity (Wildman–Crippen MR) is 75.5 cm³/mol. The van der Waals surface area contributed by atoms with Gasteiger partial charge in [-0.1, -0.05) is 12.5 Å². The minimum atomic E-state index is -0.118. The van der Waals surface area contributed by atoms with Gasteiger partial charge in [0.2, 0.25) is 0 Å². The van der Waals surface area contributed by atoms with Crippen LogP contribution in [0.3, 0.4) is 0 Å². The Balaban J connectivity index is 1.78. The van der Waals surface area contributed by atoms with E-state index in [4.69, 9.17) is 0 Å². The van der Waals surface area contributed by atoms with Crippen LogP contribution in [0.1, 0.15) is 35.2 Å². The molecule has 0 unspecified atom stereocenters. The number of hydrogen-bond acceptors (Lipinski definition) is 3. The van der Waals surface area contributed by atoms with Crippen LogP contribution >= 0.6 is 0 Å². The number of carbonyl (C=O) groups excluding carboxylic acids is 1. The molecule has 1 fully saturated rings. The molecule has 0 aromatic heterocycles. The van der Waals surface area contributed by atoms with Gasteiger partial charge in [0, 0.05) is 18.7 Å². The van der Waals surface area contributed by atoms with E-state index in [-0.39, 0.29) is 11.7 Å². The van der Waals surface area contributed by atoms with Gasteiger partial charge >= 0.3 is 0 Å². The van der Waals surface area contributed by atoms with Gasteiger partial charge in [-0.15, -0.1) is 0 Å². The molecule has 19 heavy (non-hydrogen) atoms. The zero-order valence-corrected chi connectivity index (χ0v) is 11.5. The molecular formula is C15H22N2O2. The molecule has 104 valence electrons. The average Bonchev–Trinajstić information content (AvgIpc) is 2.43. The molecule has 1 aromatic rings. The number of piperidine rings is 1. The molecule has 4 heteroatoms. The fraction of sp³-hybridized carbons (Fsp3) is 0.533. The van der Waals surface area contributed by atoms with Crippen molar-refractivity contribution in [3.8, 4) is 5.75 Å². The lowest BCUT2D eigenvalue weighted by Crippen LogP contribution is -2.37. The number of hydrogen-bond donors (Lipinski definition) is 2. The van der Waals surface area contributed by atoms with Crippen molar-refractivity contribution < 1.29 is 9.90 Å². The third kappa shape index (κ3) is 3.96. The Morgan fingerprint density at radius 3 is 2.74 bits per heavy atom. The van der Waals surface area contributed by atoms with Gasteiger partial charge in [-0.25, -0.2) is 0 Å². The summed E-state index contributed by atoms with van der Waals surface area (Å²) < 4.78 is 0. The van der Waals surface area contributed by atoms with Crippen LogP contribution in [0.5, 0.6) is 5.75 Å². The first-order chi connectivity index (χ1) is 9.16. The Bertz CT molecular complexity index is 440. The summed E-state index contributed by atoms with van der Waals surface area (Å²) in [4.78, 5) is 14.3. The van der Waals surface area contributed by atoms with Gasteiger partial charge in [0.25, 0.3) is 5.91 Å². The second kappa shape index (κ2) is 6.57. The molecule has 0 spiro atoms. The quantitative estimate of drug-likeness (QED) is 0.871. The van der Waals surface area contributed by atoms with Crippen molar-refractivity contribution in [2.75, 3.05) is 26.2 Å². The lowest BCUT2D eigenvalue weighted by Gasteiger charge is -2.26. The summed E-state index contributed by atoms with van der Waals surface area (Å²) in [5, 5.41) is 12.5. The van der Waals surface area contributed by atoms with Crippen LogP contribution in [0, 0.1) is 6.92 Å². The van der Waals surface area contributed by atoms with Crippen molar-refractivity contribution in [1.82, 2.24) is 10.2 Å². The summed E-state index contributed by atoms with van der Waals surface area (Å²) in [6.07, 6.45) is 3.85. The minimum Gasteiger partial charge on any atom is -0.508 e. The Hall–Kier alpha value is -1.55. The van der Waals surface area contributed by atoms with Gasteiger partial charge in [0.05, 0.1) is 0 Å². The Morgan fingerprint density at radius 2 is 2.05 bits per heavy atom. The van der Waals surface area contributed by atoms with Crippen molar-refractivity contribution in [3.63, 3.8) is 0 Å². The van der Waals surface area contributed by atoms with E-state index < -0.39 is 0 Å². The van der Waals surface area contributed by atoms with Gasteiger partial charge in [0.15, 0.2) is 0 Å². The van der Waals surface area contributed by atoms with Crippen molar-refractivity contribution in [2.45, 2.75) is 26.2 Å². The third-order valence-corrected chi connectivity index (χ3v) is 3.63. The minimum absolute atomic E-state index is 0.118. The molecule has 0 atom stereocenters. The molecule has 1 aliphatic heterocycles. The van der Waals surface area contributed by atoms with Gasteiger partial charge in [-0.2, -0.15) is 0 Å². The fourth-order valence-electron chi connectivity index (χ4n) is 2.36. The van der Waals surface area contributed by atoms with E-state index in [1.54, 1.807) is 12.1 Å². The highest BCUT2D eigenvalue weighted by atomic mass is 16.3. The molecule has 0 aliphatic carbocycles. The molecule has 0 bridgehead atoms. The summed E-state index contributed by atoms with van der Waals surface area (Å²) >= 11 is 0. The van der Waals surface area contributed by atoms with Crippen molar-refractivity contribution >= 4 is 5.91 Å². The zero-order valence-electron chi connectivity index (χ0n) is 11.5. The number of rotatable bonds is 4. The Kier molecular flexibility index (Phi) is 4.80. The highest BCUT2D eigenvalue weighted by Gasteiger charge is 2.11. The molecule has 4 nitrogen and oxygen atoms in total. The van der Waals surface area contributed by atoms with Crippen molar-refractivity contribution in [3.05, 3.63) is 29.3 Å². The number of benzene rings is 1. The summed E-state index contributed by atoms with van der Waals surface area (Å²) in [7, 11) is 0. The lowest BCUT2D eigenvalue weighted by molar-refractivity contribution is 0.0946. The second-order valence-corrected chi connectivity index (χ2v) is 5.16. The van der Waals surface area contributed by atoms with Crippen LogP contribution in [0.4, 0.5) is 0 Å². The summed E-state index contributed by atoms with van der Waals surface area (Å²) in [5.74, 6) is 0.0518. The largest absolute Gasteiger partial charge is 0.508 e. The normalized spacial score (nSPS) is 16.3. The van der Waals surface area contributed by atoms with E-state index in [2.05, 4.69) is 10.2 Å². The van der Waals surface area contributed by atoms with Crippen LogP contribution in [-0.2, 0) is 0 Å². The third-order valence-electron chi connectivity index (χ3n) is 3.63. The number of aryl methyl sites for hydroxylation is 1. The second-order valence-electron chi connectivity index (χ2n) is 5.16. The monoisotopic (exact) mass is 262 g/mol. The number of likely N-dealkylation sites (tertiary alicyclic amines) is 1. The predicted octanol–water partition coefficient (Wildman–Crippen LogP) is 1.92. The molecule has 2 N–H and O–H groups in total. The lowest BCUT2D eigenvalue weighted by atomic mass is 10.1. The number of aromatic hydroxyl groups is 1. The van der Waals surface area contributed by atoms with Gasteiger partial charge in [-0.05, 0) is 50.6 Å². The first-order valence-corrected chi connectivity index (χ1v) is 6.97. The van der Waals surface area contributed by atoms with Crippen LogP contribution in [-0.4, -0.2) is 42.1 Å². The van der Waals surface area contributed by atoms with Gasteiger partial charge in [0.1, 0.15) is 5.75 Å². The van der Waals surface area contributed by atoms with Crippen LogP contribution < -0.4 is 5.32 Å². The van der Waals surface area contributed by atoms with E-state index in [1.165, 1.54) is 25.3 Å². The molecule has 1 heterocycles. The van der Waals surface area contributed by atoms with Crippen molar-refractivity contribution in [1.29, 1.82) is 0 Å². The number of phenols is 1. The van der Waals surface area contributed by atoms with Crippen LogP contribution in [0.15, 0.2) is 18.2 Å². The van der Waals surface area contributed by atoms with Crippen LogP contribution in [0.25, 0.3) is 0 Å². The van der Waals surface area contributed by atoms with E-state index in [0.717, 1.165) is 25.2 Å². The molecule has 1 saturated heterocycles. The molecule has 1 aromatic carbocycles. The van der Waals surface area contributed by atoms with E-state index in [1.807, 2.05) is 6.92 Å². The first-order valence-electron chi connectivity index (χ1n) is 6.97. The molecule has 0 saturated carbocycles. The average molecular weight is 262 g/mol. The fourth-order valence-corrected chi connectivity index (χ4v) is 2.36. The maximum atomic E-state index is 11.9. The maximum Gasteiger partial charge on any atom is 0.251 e. The Morgan fingerprint density at radius 1 is 1.32 bits per heavy atom. The number of nitrogens with one attached hydrogen (secondary N) is 1. The summed E-state index contributed by atoms with van der Waals surface area (Å²) in [5.41, 5.74) is 1.30. The van der Waals surface area contributed by atoms with E-state index in [0.29, 0.717) is 12.1 Å². The van der Waals surface area contributed by atoms with Gasteiger partial charge in [-0.3, -0.25) is 4.79 Å². The van der Waals surface area contributed by atoms with Gasteiger partial charge < -0.3 is 15.3 Å². The smallest absolute Gasteiger partial charge is 0.251 e. The highest BCUT2D eigenvalue weighted by Crippen LogP contribution is 2.17. The molecule has 0 radical (unpaired) electrons. The number of phenolic OH excluding ortho intramolecular Hbond substituents is 1. The van der Waals surface area contributed by atoms with Crippen molar-refractivity contribution in [2.24, 2.45) is 0 Å². The number of carbonyl (C=O) groups is 1. The zero-order chi connectivity index (χ0) is 13.7. The SMILES string of the molecule is Cc1ccc(C(=O)NCCN2CCCCC2)cc1O. The first kappa shape index (κ1) is 13.9. The summed E-state index contributed by atoms with van der Waals surface area (Å²) in [6.45, 7) is 5.66. The topological polar surface area (TPSA) is 52.6 Å². The molecule has 1 amide bonds. The summed E-state index contributed by atoms with van der Waals surface area (Å²) in [6, 6.07) is 5.02. The molecular weight excluding hydrogens is 240 g/mol.